The maximum absolute atomic E-state index is 12.6. The lowest BCUT2D eigenvalue weighted by atomic mass is 10.2. The number of hydrogen-bond acceptors (Lipinski definition) is 3. The molecular formula is C12H9BrF3N3. The Labute approximate surface area is 115 Å². The molecule has 2 aromatic rings. The zero-order valence-corrected chi connectivity index (χ0v) is 11.1. The minimum Gasteiger partial charge on any atom is -0.384 e. The van der Waals surface area contributed by atoms with Gasteiger partial charge in [0.2, 0.25) is 0 Å². The Morgan fingerprint density at radius 3 is 2.47 bits per heavy atom. The molecule has 0 fully saturated rings. The number of para-hydroxylation sites is 1. The van der Waals surface area contributed by atoms with Gasteiger partial charge in [0.25, 0.3) is 0 Å². The average Bonchev–Trinajstić information content (AvgIpc) is 2.30. The van der Waals surface area contributed by atoms with Gasteiger partial charge in [-0.05, 0) is 40.2 Å². The van der Waals surface area contributed by atoms with Crippen molar-refractivity contribution in [3.05, 3.63) is 46.4 Å². The third-order valence-electron chi connectivity index (χ3n) is 2.31. The molecule has 100 valence electrons. The number of pyridine rings is 1. The highest BCUT2D eigenvalue weighted by molar-refractivity contribution is 9.10. The van der Waals surface area contributed by atoms with Gasteiger partial charge in [0.1, 0.15) is 11.6 Å². The van der Waals surface area contributed by atoms with E-state index in [1.165, 1.54) is 0 Å². The molecule has 3 nitrogen and oxygen atoms in total. The molecule has 2 rings (SSSR count). The van der Waals surface area contributed by atoms with Crippen LogP contribution in [-0.2, 0) is 6.18 Å². The summed E-state index contributed by atoms with van der Waals surface area (Å²) < 4.78 is 38.7. The second-order valence-electron chi connectivity index (χ2n) is 3.77. The molecule has 0 unspecified atom stereocenters. The van der Waals surface area contributed by atoms with E-state index in [0.717, 1.165) is 12.1 Å². The first-order valence-electron chi connectivity index (χ1n) is 5.22. The van der Waals surface area contributed by atoms with Crippen molar-refractivity contribution in [3.63, 3.8) is 0 Å². The molecular weight excluding hydrogens is 323 g/mol. The fourth-order valence-corrected chi connectivity index (χ4v) is 1.86. The van der Waals surface area contributed by atoms with Gasteiger partial charge >= 0.3 is 6.18 Å². The van der Waals surface area contributed by atoms with Crippen LogP contribution in [0.3, 0.4) is 0 Å². The fraction of sp³-hybridized carbons (Fsp3) is 0.0833. The normalized spacial score (nSPS) is 11.4. The molecule has 0 spiro atoms. The smallest absolute Gasteiger partial charge is 0.384 e. The molecule has 0 saturated carbocycles. The summed E-state index contributed by atoms with van der Waals surface area (Å²) in [6.07, 6.45) is -4.46. The number of rotatable bonds is 2. The molecule has 0 radical (unpaired) electrons. The number of anilines is 3. The summed E-state index contributed by atoms with van der Waals surface area (Å²) in [5.74, 6) is -0.149. The van der Waals surface area contributed by atoms with Crippen LogP contribution in [-0.4, -0.2) is 4.98 Å². The van der Waals surface area contributed by atoms with Crippen molar-refractivity contribution in [2.45, 2.75) is 6.18 Å². The van der Waals surface area contributed by atoms with Crippen LogP contribution in [0.15, 0.2) is 40.9 Å². The number of nitrogen functional groups attached to an aromatic ring is 1. The van der Waals surface area contributed by atoms with Crippen LogP contribution in [0.2, 0.25) is 0 Å². The largest absolute Gasteiger partial charge is 0.416 e. The number of nitrogens with one attached hydrogen (secondary N) is 1. The number of halogens is 4. The number of nitrogens with zero attached hydrogens (tertiary/aromatic N) is 1. The summed E-state index contributed by atoms with van der Waals surface area (Å²) in [6, 6.07) is 8.73. The topological polar surface area (TPSA) is 50.9 Å². The van der Waals surface area contributed by atoms with E-state index in [2.05, 4.69) is 26.2 Å². The van der Waals surface area contributed by atoms with E-state index in [1.807, 2.05) is 0 Å². The van der Waals surface area contributed by atoms with E-state index >= 15 is 0 Å². The van der Waals surface area contributed by atoms with Gasteiger partial charge in [-0.15, -0.1) is 0 Å². The number of benzene rings is 1. The van der Waals surface area contributed by atoms with Crippen LogP contribution in [0.25, 0.3) is 0 Å². The van der Waals surface area contributed by atoms with Crippen LogP contribution in [0.5, 0.6) is 0 Å². The van der Waals surface area contributed by atoms with Crippen molar-refractivity contribution in [1.29, 1.82) is 0 Å². The van der Waals surface area contributed by atoms with Crippen molar-refractivity contribution in [2.75, 3.05) is 11.1 Å². The molecule has 1 heterocycles. The van der Waals surface area contributed by atoms with Crippen LogP contribution in [0.1, 0.15) is 5.56 Å². The molecule has 0 aliphatic carbocycles. The zero-order chi connectivity index (χ0) is 14.0. The van der Waals surface area contributed by atoms with Crippen molar-refractivity contribution >= 4 is 33.3 Å². The lowest BCUT2D eigenvalue weighted by molar-refractivity contribution is -0.137. The van der Waals surface area contributed by atoms with E-state index in [-0.39, 0.29) is 11.6 Å². The van der Waals surface area contributed by atoms with Crippen molar-refractivity contribution < 1.29 is 13.2 Å². The van der Waals surface area contributed by atoms with E-state index < -0.39 is 11.7 Å². The van der Waals surface area contributed by atoms with Gasteiger partial charge in [-0.1, -0.05) is 12.1 Å². The predicted octanol–water partition coefficient (Wildman–Crippen LogP) is 4.19. The number of aromatic nitrogens is 1. The zero-order valence-electron chi connectivity index (χ0n) is 9.50. The van der Waals surface area contributed by atoms with Crippen LogP contribution in [0.4, 0.5) is 30.5 Å². The van der Waals surface area contributed by atoms with Gasteiger partial charge in [0.15, 0.2) is 0 Å². The third-order valence-corrected chi connectivity index (χ3v) is 3.00. The minimum atomic E-state index is -4.46. The Bertz CT molecular complexity index is 599. The molecule has 0 bridgehead atoms. The maximum atomic E-state index is 12.6. The Hall–Kier alpha value is -1.76. The first-order chi connectivity index (χ1) is 8.86. The molecule has 0 saturated heterocycles. The van der Waals surface area contributed by atoms with Gasteiger partial charge in [-0.3, -0.25) is 0 Å². The SMILES string of the molecule is Nc1cc(C(F)(F)F)cc(Nc2ccccc2Br)n1. The van der Waals surface area contributed by atoms with Gasteiger partial charge in [-0.2, -0.15) is 13.2 Å². The highest BCUT2D eigenvalue weighted by atomic mass is 79.9. The Morgan fingerprint density at radius 2 is 1.84 bits per heavy atom. The van der Waals surface area contributed by atoms with Gasteiger partial charge in [-0.25, -0.2) is 4.98 Å². The second kappa shape index (κ2) is 5.08. The van der Waals surface area contributed by atoms with E-state index in [9.17, 15) is 13.2 Å². The number of hydrogen-bond donors (Lipinski definition) is 2. The van der Waals surface area contributed by atoms with Crippen molar-refractivity contribution in [1.82, 2.24) is 4.98 Å². The molecule has 0 amide bonds. The summed E-state index contributed by atoms with van der Waals surface area (Å²) in [6.45, 7) is 0. The van der Waals surface area contributed by atoms with E-state index in [1.54, 1.807) is 24.3 Å². The first-order valence-corrected chi connectivity index (χ1v) is 6.02. The van der Waals surface area contributed by atoms with Crippen LogP contribution >= 0.6 is 15.9 Å². The molecule has 1 aromatic heterocycles. The Balaban J connectivity index is 2.36. The Morgan fingerprint density at radius 1 is 1.16 bits per heavy atom. The van der Waals surface area contributed by atoms with Crippen molar-refractivity contribution in [2.24, 2.45) is 0 Å². The third kappa shape index (κ3) is 3.37. The van der Waals surface area contributed by atoms with Gasteiger partial charge in [0, 0.05) is 4.47 Å². The minimum absolute atomic E-state index is 0.0409. The summed E-state index contributed by atoms with van der Waals surface area (Å²) in [5.41, 5.74) is 5.15. The number of nitrogens with two attached hydrogens (primary N) is 1. The molecule has 1 aromatic carbocycles. The highest BCUT2D eigenvalue weighted by Crippen LogP contribution is 2.33. The van der Waals surface area contributed by atoms with Gasteiger partial charge in [0.05, 0.1) is 11.3 Å². The van der Waals surface area contributed by atoms with Gasteiger partial charge < -0.3 is 11.1 Å². The van der Waals surface area contributed by atoms with E-state index in [0.29, 0.717) is 10.2 Å². The maximum Gasteiger partial charge on any atom is 0.416 e. The second-order valence-corrected chi connectivity index (χ2v) is 4.62. The summed E-state index contributed by atoms with van der Waals surface area (Å²) in [4.78, 5) is 3.83. The standard InChI is InChI=1S/C12H9BrF3N3/c13-8-3-1-2-4-9(8)18-11-6-7(12(14,15)16)5-10(17)19-11/h1-6H,(H3,17,18,19). The molecule has 0 aliphatic rings. The fourth-order valence-electron chi connectivity index (χ4n) is 1.48. The number of alkyl halides is 3. The quantitative estimate of drug-likeness (QED) is 0.867. The molecule has 0 atom stereocenters. The average molecular weight is 332 g/mol. The molecule has 19 heavy (non-hydrogen) atoms. The lowest BCUT2D eigenvalue weighted by Gasteiger charge is -2.12. The molecule has 0 aliphatic heterocycles. The monoisotopic (exact) mass is 331 g/mol. The lowest BCUT2D eigenvalue weighted by Crippen LogP contribution is -2.08. The van der Waals surface area contributed by atoms with E-state index in [4.69, 9.17) is 5.73 Å². The summed E-state index contributed by atoms with van der Waals surface area (Å²) in [7, 11) is 0. The molecule has 3 N–H and O–H groups in total. The van der Waals surface area contributed by atoms with Crippen LogP contribution < -0.4 is 11.1 Å². The van der Waals surface area contributed by atoms with Crippen molar-refractivity contribution in [3.8, 4) is 0 Å². The molecule has 7 heteroatoms. The highest BCUT2D eigenvalue weighted by Gasteiger charge is 2.31. The summed E-state index contributed by atoms with van der Waals surface area (Å²) >= 11 is 3.29. The Kier molecular flexibility index (Phi) is 3.66. The summed E-state index contributed by atoms with van der Waals surface area (Å²) in [5, 5.41) is 2.79. The first kappa shape index (κ1) is 13.7. The predicted molar refractivity (Wildman–Crippen MR) is 71.1 cm³/mol. The van der Waals surface area contributed by atoms with Crippen LogP contribution in [0, 0.1) is 0 Å².